The van der Waals surface area contributed by atoms with E-state index < -0.39 is 0 Å². The highest BCUT2D eigenvalue weighted by Gasteiger charge is 2.11. The molecule has 1 aromatic carbocycles. The molecule has 0 bridgehead atoms. The fourth-order valence-electron chi connectivity index (χ4n) is 2.51. The number of fused-ring (bicyclic) bond motifs is 1. The number of amides is 1. The van der Waals surface area contributed by atoms with Crippen LogP contribution in [0.3, 0.4) is 0 Å². The van der Waals surface area contributed by atoms with Crippen molar-refractivity contribution < 1.29 is 4.79 Å². The standard InChI is InChI=1S/C19H20N4O/c1-11(2)19(24)23-17-9-13-8-16(14-7-5-4-6-12(14)3)22-18(20)15(13)10-21-17/h4-11H,1-3H3,(H2,20,22)(H,21,23,24). The number of nitrogens with zero attached hydrogens (tertiary/aromatic N) is 2. The number of carbonyl (C=O) groups is 1. The molecule has 122 valence electrons. The van der Waals surface area contributed by atoms with Crippen molar-refractivity contribution >= 4 is 28.3 Å². The number of hydrogen-bond acceptors (Lipinski definition) is 4. The third kappa shape index (κ3) is 3.06. The molecule has 2 aromatic heterocycles. The van der Waals surface area contributed by atoms with E-state index in [0.29, 0.717) is 11.6 Å². The van der Waals surface area contributed by atoms with Crippen molar-refractivity contribution in [1.82, 2.24) is 9.97 Å². The Balaban J connectivity index is 2.08. The second kappa shape index (κ2) is 6.28. The molecule has 0 spiro atoms. The SMILES string of the molecule is Cc1ccccc1-c1cc2cc(NC(=O)C(C)C)ncc2c(N)n1. The Morgan fingerprint density at radius 2 is 1.96 bits per heavy atom. The maximum absolute atomic E-state index is 11.9. The average Bonchev–Trinajstić information content (AvgIpc) is 2.54. The zero-order valence-electron chi connectivity index (χ0n) is 14.0. The monoisotopic (exact) mass is 320 g/mol. The molecule has 0 atom stereocenters. The number of benzene rings is 1. The first-order chi connectivity index (χ1) is 11.5. The second-order valence-electron chi connectivity index (χ2n) is 6.14. The van der Waals surface area contributed by atoms with Gasteiger partial charge in [0.25, 0.3) is 0 Å². The Labute approximate surface area is 140 Å². The van der Waals surface area contributed by atoms with Crippen molar-refractivity contribution in [2.75, 3.05) is 11.1 Å². The molecule has 5 heteroatoms. The Hall–Kier alpha value is -2.95. The third-order valence-corrected chi connectivity index (χ3v) is 3.94. The highest BCUT2D eigenvalue weighted by Crippen LogP contribution is 2.28. The van der Waals surface area contributed by atoms with Gasteiger partial charge in [-0.25, -0.2) is 9.97 Å². The van der Waals surface area contributed by atoms with Crippen molar-refractivity contribution in [2.45, 2.75) is 20.8 Å². The van der Waals surface area contributed by atoms with Crippen LogP contribution in [-0.2, 0) is 4.79 Å². The van der Waals surface area contributed by atoms with E-state index >= 15 is 0 Å². The molecule has 0 radical (unpaired) electrons. The highest BCUT2D eigenvalue weighted by atomic mass is 16.1. The number of aryl methyl sites for hydroxylation is 1. The molecule has 3 rings (SSSR count). The Kier molecular flexibility index (Phi) is 4.16. The van der Waals surface area contributed by atoms with Gasteiger partial charge in [0.05, 0.1) is 5.69 Å². The lowest BCUT2D eigenvalue weighted by Gasteiger charge is -2.11. The smallest absolute Gasteiger partial charge is 0.228 e. The Morgan fingerprint density at radius 3 is 2.67 bits per heavy atom. The van der Waals surface area contributed by atoms with Crippen LogP contribution in [0.5, 0.6) is 0 Å². The summed E-state index contributed by atoms with van der Waals surface area (Å²) in [6.45, 7) is 5.72. The summed E-state index contributed by atoms with van der Waals surface area (Å²) in [5.41, 5.74) is 9.08. The zero-order valence-corrected chi connectivity index (χ0v) is 14.0. The van der Waals surface area contributed by atoms with E-state index in [1.165, 1.54) is 0 Å². The summed E-state index contributed by atoms with van der Waals surface area (Å²) in [6.07, 6.45) is 1.65. The average molecular weight is 320 g/mol. The minimum atomic E-state index is -0.104. The fraction of sp³-hybridized carbons (Fsp3) is 0.211. The van der Waals surface area contributed by atoms with E-state index in [9.17, 15) is 4.79 Å². The van der Waals surface area contributed by atoms with Gasteiger partial charge in [0.1, 0.15) is 11.6 Å². The van der Waals surface area contributed by atoms with Crippen molar-refractivity contribution in [2.24, 2.45) is 5.92 Å². The minimum absolute atomic E-state index is 0.0667. The van der Waals surface area contributed by atoms with Crippen LogP contribution in [0, 0.1) is 12.8 Å². The van der Waals surface area contributed by atoms with E-state index in [0.717, 1.165) is 27.6 Å². The van der Waals surface area contributed by atoms with Gasteiger partial charge in [0, 0.05) is 23.1 Å². The molecular weight excluding hydrogens is 300 g/mol. The maximum Gasteiger partial charge on any atom is 0.228 e. The van der Waals surface area contributed by atoms with Crippen LogP contribution in [0.4, 0.5) is 11.6 Å². The molecule has 0 aliphatic rings. The first-order valence-corrected chi connectivity index (χ1v) is 7.89. The van der Waals surface area contributed by atoms with Crippen molar-refractivity contribution in [1.29, 1.82) is 0 Å². The first kappa shape index (κ1) is 15.9. The fourth-order valence-corrected chi connectivity index (χ4v) is 2.51. The maximum atomic E-state index is 11.9. The van der Waals surface area contributed by atoms with Crippen LogP contribution < -0.4 is 11.1 Å². The molecular formula is C19H20N4O. The lowest BCUT2D eigenvalue weighted by molar-refractivity contribution is -0.118. The third-order valence-electron chi connectivity index (χ3n) is 3.94. The van der Waals surface area contributed by atoms with Crippen LogP contribution in [-0.4, -0.2) is 15.9 Å². The summed E-state index contributed by atoms with van der Waals surface area (Å²) in [5, 5.41) is 4.48. The molecule has 0 aliphatic carbocycles. The molecule has 0 saturated heterocycles. The van der Waals surface area contributed by atoms with Gasteiger partial charge in [-0.05, 0) is 30.0 Å². The van der Waals surface area contributed by atoms with Crippen molar-refractivity contribution in [3.63, 3.8) is 0 Å². The van der Waals surface area contributed by atoms with Gasteiger partial charge in [-0.1, -0.05) is 38.1 Å². The number of carbonyl (C=O) groups excluding carboxylic acids is 1. The molecule has 24 heavy (non-hydrogen) atoms. The largest absolute Gasteiger partial charge is 0.383 e. The topological polar surface area (TPSA) is 80.9 Å². The number of nitrogens with two attached hydrogens (primary N) is 1. The normalized spacial score (nSPS) is 11.0. The van der Waals surface area contributed by atoms with Crippen LogP contribution in [0.25, 0.3) is 22.0 Å². The molecule has 5 nitrogen and oxygen atoms in total. The van der Waals surface area contributed by atoms with Gasteiger partial charge >= 0.3 is 0 Å². The van der Waals surface area contributed by atoms with E-state index in [4.69, 9.17) is 5.73 Å². The number of hydrogen-bond donors (Lipinski definition) is 2. The number of pyridine rings is 2. The Morgan fingerprint density at radius 1 is 1.21 bits per heavy atom. The molecule has 0 saturated carbocycles. The summed E-state index contributed by atoms with van der Waals surface area (Å²) in [4.78, 5) is 20.6. The molecule has 3 N–H and O–H groups in total. The number of nitrogen functional groups attached to an aromatic ring is 1. The number of aromatic nitrogens is 2. The summed E-state index contributed by atoms with van der Waals surface area (Å²) in [7, 11) is 0. The molecule has 3 aromatic rings. The van der Waals surface area contributed by atoms with Gasteiger partial charge in [-0.3, -0.25) is 4.79 Å². The number of nitrogens with one attached hydrogen (secondary N) is 1. The highest BCUT2D eigenvalue weighted by molar-refractivity contribution is 5.97. The van der Waals surface area contributed by atoms with Gasteiger partial charge < -0.3 is 11.1 Å². The van der Waals surface area contributed by atoms with Crippen LogP contribution in [0.15, 0.2) is 42.6 Å². The predicted molar refractivity (Wildman–Crippen MR) is 97.6 cm³/mol. The van der Waals surface area contributed by atoms with Gasteiger partial charge in [0.15, 0.2) is 0 Å². The van der Waals surface area contributed by atoms with Crippen LogP contribution >= 0.6 is 0 Å². The Bertz CT molecular complexity index is 918. The number of rotatable bonds is 3. The van der Waals surface area contributed by atoms with Crippen molar-refractivity contribution in [3.05, 3.63) is 48.2 Å². The minimum Gasteiger partial charge on any atom is -0.383 e. The molecule has 2 heterocycles. The van der Waals surface area contributed by atoms with Gasteiger partial charge in [-0.15, -0.1) is 0 Å². The number of anilines is 2. The van der Waals surface area contributed by atoms with Gasteiger partial charge in [0.2, 0.25) is 5.91 Å². The van der Waals surface area contributed by atoms with Crippen molar-refractivity contribution in [3.8, 4) is 11.3 Å². The van der Waals surface area contributed by atoms with E-state index in [1.807, 2.05) is 57.2 Å². The summed E-state index contributed by atoms with van der Waals surface area (Å²) >= 11 is 0. The van der Waals surface area contributed by atoms with E-state index in [1.54, 1.807) is 6.20 Å². The predicted octanol–water partition coefficient (Wildman–Crippen LogP) is 3.78. The first-order valence-electron chi connectivity index (χ1n) is 7.89. The molecule has 1 amide bonds. The summed E-state index contributed by atoms with van der Waals surface area (Å²) in [6, 6.07) is 11.8. The lowest BCUT2D eigenvalue weighted by Crippen LogP contribution is -2.18. The van der Waals surface area contributed by atoms with E-state index in [2.05, 4.69) is 15.3 Å². The molecule has 0 fully saturated rings. The molecule has 0 unspecified atom stereocenters. The zero-order chi connectivity index (χ0) is 17.3. The summed E-state index contributed by atoms with van der Waals surface area (Å²) in [5.74, 6) is 0.776. The summed E-state index contributed by atoms with van der Waals surface area (Å²) < 4.78 is 0. The van der Waals surface area contributed by atoms with Crippen LogP contribution in [0.1, 0.15) is 19.4 Å². The molecule has 0 aliphatic heterocycles. The van der Waals surface area contributed by atoms with E-state index in [-0.39, 0.29) is 11.8 Å². The second-order valence-corrected chi connectivity index (χ2v) is 6.14. The van der Waals surface area contributed by atoms with Crippen LogP contribution in [0.2, 0.25) is 0 Å². The lowest BCUT2D eigenvalue weighted by atomic mass is 10.0. The quantitative estimate of drug-likeness (QED) is 0.769. The van der Waals surface area contributed by atoms with Gasteiger partial charge in [-0.2, -0.15) is 0 Å².